The minimum atomic E-state index is -0.209. The standard InChI is InChI=1S/C13H20O2/c1-10(2)9-13(15)8-5-11-3-6-12(14)7-4-11/h3-4,6-7,10,13-15H,5,8-9H2,1-2H3. The largest absolute Gasteiger partial charge is 0.508 e. The molecule has 0 aliphatic rings. The third-order valence-corrected chi connectivity index (χ3v) is 2.45. The summed E-state index contributed by atoms with van der Waals surface area (Å²) in [6.45, 7) is 4.23. The summed E-state index contributed by atoms with van der Waals surface area (Å²) in [4.78, 5) is 0. The summed E-state index contributed by atoms with van der Waals surface area (Å²) >= 11 is 0. The van der Waals surface area contributed by atoms with Crippen LogP contribution in [0, 0.1) is 5.92 Å². The Bertz CT molecular complexity index is 277. The van der Waals surface area contributed by atoms with Crippen molar-refractivity contribution in [3.63, 3.8) is 0 Å². The van der Waals surface area contributed by atoms with Crippen LogP contribution in [-0.4, -0.2) is 16.3 Å². The number of hydrogen-bond donors (Lipinski definition) is 2. The van der Waals surface area contributed by atoms with Gasteiger partial charge in [0.15, 0.2) is 0 Å². The number of benzene rings is 1. The maximum Gasteiger partial charge on any atom is 0.115 e. The minimum Gasteiger partial charge on any atom is -0.508 e. The Kier molecular flexibility index (Phi) is 4.63. The van der Waals surface area contributed by atoms with E-state index in [2.05, 4.69) is 13.8 Å². The molecule has 2 nitrogen and oxygen atoms in total. The van der Waals surface area contributed by atoms with Gasteiger partial charge in [-0.15, -0.1) is 0 Å². The molecule has 1 atom stereocenters. The lowest BCUT2D eigenvalue weighted by Gasteiger charge is -2.12. The van der Waals surface area contributed by atoms with E-state index in [9.17, 15) is 5.11 Å². The van der Waals surface area contributed by atoms with Crippen LogP contribution in [0.4, 0.5) is 0 Å². The summed E-state index contributed by atoms with van der Waals surface area (Å²) in [6, 6.07) is 7.17. The third-order valence-electron chi connectivity index (χ3n) is 2.45. The van der Waals surface area contributed by atoms with Gasteiger partial charge in [0, 0.05) is 0 Å². The summed E-state index contributed by atoms with van der Waals surface area (Å²) < 4.78 is 0. The Morgan fingerprint density at radius 1 is 1.13 bits per heavy atom. The molecule has 0 spiro atoms. The van der Waals surface area contributed by atoms with Gasteiger partial charge < -0.3 is 10.2 Å². The third kappa shape index (κ3) is 4.84. The van der Waals surface area contributed by atoms with Crippen LogP contribution in [0.2, 0.25) is 0 Å². The molecule has 2 N–H and O–H groups in total. The first-order valence-corrected chi connectivity index (χ1v) is 5.54. The molecule has 1 unspecified atom stereocenters. The van der Waals surface area contributed by atoms with E-state index in [4.69, 9.17) is 5.11 Å². The van der Waals surface area contributed by atoms with E-state index < -0.39 is 0 Å². The number of rotatable bonds is 5. The van der Waals surface area contributed by atoms with E-state index in [1.807, 2.05) is 12.1 Å². The summed E-state index contributed by atoms with van der Waals surface area (Å²) in [5.41, 5.74) is 1.16. The van der Waals surface area contributed by atoms with Crippen molar-refractivity contribution in [1.29, 1.82) is 0 Å². The van der Waals surface area contributed by atoms with Crippen LogP contribution >= 0.6 is 0 Å². The van der Waals surface area contributed by atoms with Crippen LogP contribution in [0.15, 0.2) is 24.3 Å². The van der Waals surface area contributed by atoms with Crippen LogP contribution in [0.25, 0.3) is 0 Å². The van der Waals surface area contributed by atoms with Crippen LogP contribution in [-0.2, 0) is 6.42 Å². The van der Waals surface area contributed by atoms with Gasteiger partial charge in [-0.05, 0) is 42.9 Å². The molecule has 0 aliphatic heterocycles. The Hall–Kier alpha value is -1.02. The summed E-state index contributed by atoms with van der Waals surface area (Å²) in [6.07, 6.45) is 2.31. The molecule has 1 rings (SSSR count). The number of aromatic hydroxyl groups is 1. The van der Waals surface area contributed by atoms with Crippen molar-refractivity contribution in [3.05, 3.63) is 29.8 Å². The van der Waals surface area contributed by atoms with Crippen LogP contribution in [0.5, 0.6) is 5.75 Å². The first kappa shape index (κ1) is 12.1. The predicted octanol–water partition coefficient (Wildman–Crippen LogP) is 2.73. The first-order valence-electron chi connectivity index (χ1n) is 5.54. The molecule has 0 aliphatic carbocycles. The zero-order valence-corrected chi connectivity index (χ0v) is 9.48. The average Bonchev–Trinajstić information content (AvgIpc) is 2.16. The summed E-state index contributed by atoms with van der Waals surface area (Å²) in [7, 11) is 0. The Labute approximate surface area is 91.6 Å². The quantitative estimate of drug-likeness (QED) is 0.781. The molecule has 1 aromatic carbocycles. The van der Waals surface area contributed by atoms with Crippen molar-refractivity contribution in [1.82, 2.24) is 0 Å². The molecule has 0 aromatic heterocycles. The van der Waals surface area contributed by atoms with Crippen molar-refractivity contribution in [2.45, 2.75) is 39.2 Å². The summed E-state index contributed by atoms with van der Waals surface area (Å²) in [5.74, 6) is 0.835. The molecule has 0 radical (unpaired) electrons. The SMILES string of the molecule is CC(C)CC(O)CCc1ccc(O)cc1. The topological polar surface area (TPSA) is 40.5 Å². The van der Waals surface area contributed by atoms with Gasteiger partial charge in [-0.25, -0.2) is 0 Å². The van der Waals surface area contributed by atoms with Gasteiger partial charge in [0.1, 0.15) is 5.75 Å². The molecular weight excluding hydrogens is 188 g/mol. The average molecular weight is 208 g/mol. The van der Waals surface area contributed by atoms with Crippen LogP contribution < -0.4 is 0 Å². The summed E-state index contributed by atoms with van der Waals surface area (Å²) in [5, 5.41) is 18.8. The lowest BCUT2D eigenvalue weighted by Crippen LogP contribution is -2.11. The second kappa shape index (κ2) is 5.76. The highest BCUT2D eigenvalue weighted by Gasteiger charge is 2.06. The van der Waals surface area contributed by atoms with Crippen molar-refractivity contribution in [2.24, 2.45) is 5.92 Å². The zero-order chi connectivity index (χ0) is 11.3. The van der Waals surface area contributed by atoms with Gasteiger partial charge in [-0.1, -0.05) is 26.0 Å². The number of aliphatic hydroxyl groups excluding tert-OH is 1. The fourth-order valence-electron chi connectivity index (χ4n) is 1.66. The second-order valence-corrected chi connectivity index (χ2v) is 4.49. The molecule has 0 heterocycles. The van der Waals surface area contributed by atoms with Gasteiger partial charge >= 0.3 is 0 Å². The number of phenols is 1. The molecule has 0 saturated heterocycles. The monoisotopic (exact) mass is 208 g/mol. The van der Waals surface area contributed by atoms with E-state index in [-0.39, 0.29) is 6.10 Å². The van der Waals surface area contributed by atoms with E-state index in [0.29, 0.717) is 11.7 Å². The Morgan fingerprint density at radius 3 is 2.27 bits per heavy atom. The van der Waals surface area contributed by atoms with Gasteiger partial charge in [-0.3, -0.25) is 0 Å². The minimum absolute atomic E-state index is 0.209. The molecule has 0 saturated carbocycles. The maximum atomic E-state index is 9.69. The van der Waals surface area contributed by atoms with Crippen molar-refractivity contribution < 1.29 is 10.2 Å². The number of aliphatic hydroxyl groups is 1. The lowest BCUT2D eigenvalue weighted by molar-refractivity contribution is 0.140. The Balaban J connectivity index is 2.33. The fourth-order valence-corrected chi connectivity index (χ4v) is 1.66. The van der Waals surface area contributed by atoms with Crippen molar-refractivity contribution in [2.75, 3.05) is 0 Å². The predicted molar refractivity (Wildman–Crippen MR) is 61.9 cm³/mol. The molecule has 2 heteroatoms. The van der Waals surface area contributed by atoms with Gasteiger partial charge in [-0.2, -0.15) is 0 Å². The van der Waals surface area contributed by atoms with Gasteiger partial charge in [0.05, 0.1) is 6.10 Å². The molecule has 0 bridgehead atoms. The normalized spacial score (nSPS) is 13.1. The smallest absolute Gasteiger partial charge is 0.115 e. The molecular formula is C13H20O2. The highest BCUT2D eigenvalue weighted by molar-refractivity contribution is 5.25. The first-order chi connectivity index (χ1) is 7.08. The van der Waals surface area contributed by atoms with E-state index in [1.54, 1.807) is 12.1 Å². The maximum absolute atomic E-state index is 9.69. The van der Waals surface area contributed by atoms with E-state index in [1.165, 1.54) is 0 Å². The second-order valence-electron chi connectivity index (χ2n) is 4.49. The molecule has 1 aromatic rings. The van der Waals surface area contributed by atoms with Gasteiger partial charge in [0.2, 0.25) is 0 Å². The molecule has 15 heavy (non-hydrogen) atoms. The number of phenolic OH excluding ortho intramolecular Hbond substituents is 1. The Morgan fingerprint density at radius 2 is 1.73 bits per heavy atom. The van der Waals surface area contributed by atoms with Crippen molar-refractivity contribution >= 4 is 0 Å². The van der Waals surface area contributed by atoms with Crippen LogP contribution in [0.3, 0.4) is 0 Å². The number of aryl methyl sites for hydroxylation is 1. The molecule has 0 amide bonds. The van der Waals surface area contributed by atoms with Crippen LogP contribution in [0.1, 0.15) is 32.3 Å². The lowest BCUT2D eigenvalue weighted by atomic mass is 10.00. The van der Waals surface area contributed by atoms with E-state index in [0.717, 1.165) is 24.8 Å². The van der Waals surface area contributed by atoms with E-state index >= 15 is 0 Å². The molecule has 84 valence electrons. The molecule has 0 fully saturated rings. The van der Waals surface area contributed by atoms with Gasteiger partial charge in [0.25, 0.3) is 0 Å². The van der Waals surface area contributed by atoms with Crippen molar-refractivity contribution in [3.8, 4) is 5.75 Å². The number of hydrogen-bond acceptors (Lipinski definition) is 2. The highest BCUT2D eigenvalue weighted by Crippen LogP contribution is 2.14. The zero-order valence-electron chi connectivity index (χ0n) is 9.48. The highest BCUT2D eigenvalue weighted by atomic mass is 16.3. The fraction of sp³-hybridized carbons (Fsp3) is 0.538.